The maximum atomic E-state index is 10.5. The molecule has 0 heterocycles. The van der Waals surface area contributed by atoms with Gasteiger partial charge < -0.3 is 20.4 Å². The molecule has 2 rings (SSSR count). The lowest BCUT2D eigenvalue weighted by Gasteiger charge is -2.19. The molecule has 0 spiro atoms. The number of aryl methyl sites for hydroxylation is 1. The molecule has 1 aliphatic carbocycles. The minimum Gasteiger partial charge on any atom is -0.481 e. The van der Waals surface area contributed by atoms with Crippen molar-refractivity contribution in [2.75, 3.05) is 0 Å². The molecule has 1 fully saturated rings. The van der Waals surface area contributed by atoms with Gasteiger partial charge in [-0.05, 0) is 43.6 Å². The fourth-order valence-electron chi connectivity index (χ4n) is 3.76. The Morgan fingerprint density at radius 2 is 1.89 bits per heavy atom. The van der Waals surface area contributed by atoms with Gasteiger partial charge in [0.1, 0.15) is 0 Å². The summed E-state index contributed by atoms with van der Waals surface area (Å²) in [5.41, 5.74) is 1.18. The van der Waals surface area contributed by atoms with Gasteiger partial charge in [0.05, 0.1) is 18.3 Å². The minimum atomic E-state index is -0.793. The van der Waals surface area contributed by atoms with Crippen LogP contribution in [0.15, 0.2) is 54.6 Å². The summed E-state index contributed by atoms with van der Waals surface area (Å²) in [6.45, 7) is 0. The van der Waals surface area contributed by atoms with Crippen LogP contribution in [0.5, 0.6) is 0 Å². The van der Waals surface area contributed by atoms with E-state index in [0.29, 0.717) is 32.1 Å². The van der Waals surface area contributed by atoms with Gasteiger partial charge in [-0.15, -0.1) is 0 Å². The smallest absolute Gasteiger partial charge is 0.303 e. The number of aliphatic hydroxyl groups is 3. The molecule has 1 aromatic carbocycles. The van der Waals surface area contributed by atoms with Crippen LogP contribution in [0.3, 0.4) is 0 Å². The predicted molar refractivity (Wildman–Crippen MR) is 109 cm³/mol. The molecule has 0 unspecified atom stereocenters. The van der Waals surface area contributed by atoms with E-state index in [9.17, 15) is 20.1 Å². The molecule has 0 bridgehead atoms. The number of hydrogen-bond acceptors (Lipinski definition) is 4. The fourth-order valence-corrected chi connectivity index (χ4v) is 3.76. The quantitative estimate of drug-likeness (QED) is 0.345. The Morgan fingerprint density at radius 1 is 1.14 bits per heavy atom. The highest BCUT2D eigenvalue weighted by atomic mass is 16.4. The first kappa shape index (κ1) is 22.3. The van der Waals surface area contributed by atoms with Crippen LogP contribution in [0.25, 0.3) is 0 Å². The fraction of sp³-hybridized carbons (Fsp3) is 0.522. The number of aliphatic carboxylic acids is 1. The maximum Gasteiger partial charge on any atom is 0.303 e. The van der Waals surface area contributed by atoms with Crippen molar-refractivity contribution in [3.63, 3.8) is 0 Å². The van der Waals surface area contributed by atoms with E-state index in [0.717, 1.165) is 6.42 Å². The van der Waals surface area contributed by atoms with E-state index in [1.165, 1.54) is 5.56 Å². The van der Waals surface area contributed by atoms with Crippen LogP contribution in [0.4, 0.5) is 0 Å². The average Bonchev–Trinajstić information content (AvgIpc) is 2.94. The highest BCUT2D eigenvalue weighted by molar-refractivity contribution is 5.66. The van der Waals surface area contributed by atoms with Crippen molar-refractivity contribution < 1.29 is 25.2 Å². The Balaban J connectivity index is 1.82. The summed E-state index contributed by atoms with van der Waals surface area (Å²) in [6.07, 6.45) is 9.51. The van der Waals surface area contributed by atoms with Crippen LogP contribution in [0.1, 0.15) is 44.1 Å². The topological polar surface area (TPSA) is 98.0 Å². The number of carbonyl (C=O) groups is 1. The maximum absolute atomic E-state index is 10.5. The Hall–Kier alpha value is -1.95. The van der Waals surface area contributed by atoms with Gasteiger partial charge in [0, 0.05) is 18.8 Å². The molecule has 154 valence electrons. The zero-order chi connectivity index (χ0) is 20.4. The summed E-state index contributed by atoms with van der Waals surface area (Å²) in [6, 6.07) is 9.99. The van der Waals surface area contributed by atoms with Crippen LogP contribution >= 0.6 is 0 Å². The van der Waals surface area contributed by atoms with Crippen LogP contribution in [-0.4, -0.2) is 44.7 Å². The van der Waals surface area contributed by atoms with Crippen molar-refractivity contribution in [2.45, 2.75) is 63.3 Å². The highest BCUT2D eigenvalue weighted by Gasteiger charge is 2.39. The molecule has 1 saturated carbocycles. The zero-order valence-electron chi connectivity index (χ0n) is 16.2. The lowest BCUT2D eigenvalue weighted by molar-refractivity contribution is -0.137. The van der Waals surface area contributed by atoms with Gasteiger partial charge in [0.2, 0.25) is 0 Å². The van der Waals surface area contributed by atoms with Gasteiger partial charge in [0.15, 0.2) is 0 Å². The van der Waals surface area contributed by atoms with Crippen molar-refractivity contribution in [1.29, 1.82) is 0 Å². The first-order valence-electron chi connectivity index (χ1n) is 10.1. The molecular formula is C23H32O5. The third-order valence-corrected chi connectivity index (χ3v) is 5.38. The van der Waals surface area contributed by atoms with Crippen molar-refractivity contribution >= 4 is 5.97 Å². The summed E-state index contributed by atoms with van der Waals surface area (Å²) in [4.78, 5) is 10.5. The summed E-state index contributed by atoms with van der Waals surface area (Å²) in [7, 11) is 0. The van der Waals surface area contributed by atoms with Crippen molar-refractivity contribution in [2.24, 2.45) is 11.8 Å². The number of aliphatic hydroxyl groups excluding tert-OH is 3. The monoisotopic (exact) mass is 388 g/mol. The molecule has 0 saturated heterocycles. The van der Waals surface area contributed by atoms with Gasteiger partial charge in [-0.2, -0.15) is 0 Å². The first-order chi connectivity index (χ1) is 13.5. The molecule has 0 aromatic heterocycles. The van der Waals surface area contributed by atoms with Gasteiger partial charge in [-0.3, -0.25) is 4.79 Å². The molecular weight excluding hydrogens is 356 g/mol. The van der Waals surface area contributed by atoms with Crippen LogP contribution < -0.4 is 0 Å². The number of carboxylic acids is 1. The second-order valence-corrected chi connectivity index (χ2v) is 7.58. The van der Waals surface area contributed by atoms with E-state index >= 15 is 0 Å². The van der Waals surface area contributed by atoms with Crippen LogP contribution in [0, 0.1) is 11.8 Å². The molecule has 0 radical (unpaired) electrons. The molecule has 1 aromatic rings. The Bertz CT molecular complexity index is 640. The van der Waals surface area contributed by atoms with E-state index in [-0.39, 0.29) is 18.3 Å². The standard InChI is InChI=1S/C23H32O5/c24-18(13-12-17-8-4-3-5-9-17)14-15-20-19(21(25)16-22(20)26)10-6-1-2-7-11-23(27)28/h1,3-6,8-9,14-15,18-22,24-26H,2,7,10-13,16H2,(H,27,28)/t18-,19-,20-,21+,22-/m1/s1. The average molecular weight is 389 g/mol. The van der Waals surface area contributed by atoms with Crippen molar-refractivity contribution in [3.8, 4) is 0 Å². The van der Waals surface area contributed by atoms with E-state index in [1.54, 1.807) is 6.08 Å². The van der Waals surface area contributed by atoms with Crippen LogP contribution in [0.2, 0.25) is 0 Å². The molecule has 4 N–H and O–H groups in total. The summed E-state index contributed by atoms with van der Waals surface area (Å²) >= 11 is 0. The van der Waals surface area contributed by atoms with E-state index < -0.39 is 24.3 Å². The zero-order valence-corrected chi connectivity index (χ0v) is 16.2. The molecule has 1 aliphatic rings. The molecule has 28 heavy (non-hydrogen) atoms. The summed E-state index contributed by atoms with van der Waals surface area (Å²) in [5, 5.41) is 39.4. The number of allylic oxidation sites excluding steroid dienone is 2. The SMILES string of the molecule is O=C(O)CCCC=CC[C@@H]1[C@@H](C=C[C@H](O)CCc2ccccc2)[C@H](O)C[C@@H]1O. The van der Waals surface area contributed by atoms with Gasteiger partial charge in [-0.1, -0.05) is 54.6 Å². The van der Waals surface area contributed by atoms with Gasteiger partial charge >= 0.3 is 5.97 Å². The second-order valence-electron chi connectivity index (χ2n) is 7.58. The molecule has 0 amide bonds. The number of rotatable bonds is 11. The van der Waals surface area contributed by atoms with Crippen molar-refractivity contribution in [3.05, 3.63) is 60.2 Å². The molecule has 0 aliphatic heterocycles. The van der Waals surface area contributed by atoms with Gasteiger partial charge in [-0.25, -0.2) is 0 Å². The van der Waals surface area contributed by atoms with E-state index in [4.69, 9.17) is 5.11 Å². The summed E-state index contributed by atoms with van der Waals surface area (Å²) in [5.74, 6) is -1.08. The Labute approximate surface area is 167 Å². The lowest BCUT2D eigenvalue weighted by Crippen LogP contribution is -2.20. The summed E-state index contributed by atoms with van der Waals surface area (Å²) < 4.78 is 0. The first-order valence-corrected chi connectivity index (χ1v) is 10.1. The van der Waals surface area contributed by atoms with E-state index in [2.05, 4.69) is 0 Å². The molecule has 5 nitrogen and oxygen atoms in total. The lowest BCUT2D eigenvalue weighted by atomic mass is 9.89. The third kappa shape index (κ3) is 7.58. The van der Waals surface area contributed by atoms with Gasteiger partial charge in [0.25, 0.3) is 0 Å². The normalized spacial score (nSPS) is 26.2. The number of benzene rings is 1. The minimum absolute atomic E-state index is 0.0942. The molecule has 5 heteroatoms. The van der Waals surface area contributed by atoms with E-state index in [1.807, 2.05) is 48.6 Å². The van der Waals surface area contributed by atoms with Crippen molar-refractivity contribution in [1.82, 2.24) is 0 Å². The van der Waals surface area contributed by atoms with Crippen LogP contribution in [-0.2, 0) is 11.2 Å². The number of carboxylic acid groups (broad SMARTS) is 1. The number of hydrogen-bond donors (Lipinski definition) is 4. The molecule has 5 atom stereocenters. The largest absolute Gasteiger partial charge is 0.481 e. The Kier molecular flexibility index (Phi) is 9.41. The second kappa shape index (κ2) is 11.8. The Morgan fingerprint density at radius 3 is 2.61 bits per heavy atom. The highest BCUT2D eigenvalue weighted by Crippen LogP contribution is 2.36. The predicted octanol–water partition coefficient (Wildman–Crippen LogP) is 3.10. The third-order valence-electron chi connectivity index (χ3n) is 5.38. The number of unbranched alkanes of at least 4 members (excludes halogenated alkanes) is 1.